The third-order valence-electron chi connectivity index (χ3n) is 4.96. The normalized spacial score (nSPS) is 17.4. The van der Waals surface area contributed by atoms with E-state index < -0.39 is 0 Å². The molecule has 130 valence electrons. The molecule has 25 heavy (non-hydrogen) atoms. The van der Waals surface area contributed by atoms with Gasteiger partial charge in [0.05, 0.1) is 0 Å². The lowest BCUT2D eigenvalue weighted by Gasteiger charge is -2.32. The molecule has 0 aliphatic carbocycles. The first-order valence-corrected chi connectivity index (χ1v) is 8.87. The van der Waals surface area contributed by atoms with Gasteiger partial charge < -0.3 is 14.4 Å². The molecule has 5 heteroatoms. The fraction of sp³-hybridized carbons (Fsp3) is 0.400. The van der Waals surface area contributed by atoms with Gasteiger partial charge in [-0.25, -0.2) is 0 Å². The number of piperidine rings is 1. The van der Waals surface area contributed by atoms with Gasteiger partial charge in [0.15, 0.2) is 11.5 Å². The predicted octanol–water partition coefficient (Wildman–Crippen LogP) is 2.95. The van der Waals surface area contributed by atoms with E-state index in [0.29, 0.717) is 30.4 Å². The molecule has 0 saturated carbocycles. The third-order valence-corrected chi connectivity index (χ3v) is 4.96. The highest BCUT2D eigenvalue weighted by Crippen LogP contribution is 2.31. The Morgan fingerprint density at radius 2 is 1.76 bits per heavy atom. The summed E-state index contributed by atoms with van der Waals surface area (Å²) in [6, 6.07) is 9.62. The van der Waals surface area contributed by atoms with Crippen molar-refractivity contribution in [2.24, 2.45) is 5.92 Å². The molecule has 2 aliphatic rings. The number of carbonyl (C=O) groups is 1. The van der Waals surface area contributed by atoms with E-state index in [0.717, 1.165) is 38.1 Å². The van der Waals surface area contributed by atoms with Gasteiger partial charge in [-0.3, -0.25) is 9.78 Å². The number of ether oxygens (including phenoxy) is 2. The molecule has 1 aromatic carbocycles. The molecule has 0 spiro atoms. The van der Waals surface area contributed by atoms with Crippen LogP contribution in [0.25, 0.3) is 0 Å². The van der Waals surface area contributed by atoms with Crippen LogP contribution in [0.4, 0.5) is 0 Å². The SMILES string of the molecule is O=C(c1ccc2c(c1)OCCO2)N1CCC(Cc2ccncc2)CC1. The Labute approximate surface area is 147 Å². The number of benzene rings is 1. The molecule has 0 radical (unpaired) electrons. The van der Waals surface area contributed by atoms with Crippen LogP contribution in [0.3, 0.4) is 0 Å². The zero-order chi connectivity index (χ0) is 17.1. The van der Waals surface area contributed by atoms with E-state index in [1.165, 1.54) is 5.56 Å². The lowest BCUT2D eigenvalue weighted by molar-refractivity contribution is 0.0689. The summed E-state index contributed by atoms with van der Waals surface area (Å²) < 4.78 is 11.1. The summed E-state index contributed by atoms with van der Waals surface area (Å²) in [6.07, 6.45) is 6.83. The van der Waals surface area contributed by atoms with Crippen molar-refractivity contribution in [3.63, 3.8) is 0 Å². The maximum absolute atomic E-state index is 12.8. The number of likely N-dealkylation sites (tertiary alicyclic amines) is 1. The van der Waals surface area contributed by atoms with Crippen molar-refractivity contribution in [2.45, 2.75) is 19.3 Å². The topological polar surface area (TPSA) is 51.7 Å². The fourth-order valence-electron chi connectivity index (χ4n) is 3.55. The van der Waals surface area contributed by atoms with Crippen LogP contribution in [0.2, 0.25) is 0 Å². The van der Waals surface area contributed by atoms with Gasteiger partial charge in [0.25, 0.3) is 5.91 Å². The second kappa shape index (κ2) is 7.13. The van der Waals surface area contributed by atoms with Crippen LogP contribution >= 0.6 is 0 Å². The van der Waals surface area contributed by atoms with E-state index in [4.69, 9.17) is 9.47 Å². The van der Waals surface area contributed by atoms with Gasteiger partial charge in [-0.05, 0) is 61.1 Å². The molecule has 0 unspecified atom stereocenters. The first-order valence-electron chi connectivity index (χ1n) is 8.87. The summed E-state index contributed by atoms with van der Waals surface area (Å²) in [4.78, 5) is 18.8. The Balaban J connectivity index is 1.36. The van der Waals surface area contributed by atoms with Gasteiger partial charge in [0, 0.05) is 31.0 Å². The molecular weight excluding hydrogens is 316 g/mol. The van der Waals surface area contributed by atoms with E-state index >= 15 is 0 Å². The summed E-state index contributed by atoms with van der Waals surface area (Å²) >= 11 is 0. The molecule has 3 heterocycles. The van der Waals surface area contributed by atoms with Crippen molar-refractivity contribution in [1.82, 2.24) is 9.88 Å². The van der Waals surface area contributed by atoms with Crippen molar-refractivity contribution in [3.05, 3.63) is 53.9 Å². The number of aromatic nitrogens is 1. The molecule has 4 rings (SSSR count). The van der Waals surface area contributed by atoms with Crippen molar-refractivity contribution in [2.75, 3.05) is 26.3 Å². The summed E-state index contributed by atoms with van der Waals surface area (Å²) in [5, 5.41) is 0. The molecule has 2 aromatic rings. The fourth-order valence-corrected chi connectivity index (χ4v) is 3.55. The highest BCUT2D eigenvalue weighted by atomic mass is 16.6. The zero-order valence-electron chi connectivity index (χ0n) is 14.2. The minimum absolute atomic E-state index is 0.0827. The Kier molecular flexibility index (Phi) is 4.55. The molecule has 1 aromatic heterocycles. The van der Waals surface area contributed by atoms with Crippen LogP contribution in [-0.4, -0.2) is 42.1 Å². The van der Waals surface area contributed by atoms with Crippen molar-refractivity contribution < 1.29 is 14.3 Å². The standard InChI is InChI=1S/C20H22N2O3/c23-20(17-1-2-18-19(14-17)25-12-11-24-18)22-9-5-16(6-10-22)13-15-3-7-21-8-4-15/h1-4,7-8,14,16H,5-6,9-13H2. The molecule has 1 fully saturated rings. The van der Waals surface area contributed by atoms with Gasteiger partial charge in [0.2, 0.25) is 0 Å². The number of hydrogen-bond donors (Lipinski definition) is 0. The van der Waals surface area contributed by atoms with Gasteiger partial charge in [-0.1, -0.05) is 0 Å². The van der Waals surface area contributed by atoms with E-state index in [1.807, 2.05) is 29.4 Å². The highest BCUT2D eigenvalue weighted by Gasteiger charge is 2.25. The zero-order valence-corrected chi connectivity index (χ0v) is 14.2. The number of amides is 1. The maximum Gasteiger partial charge on any atom is 0.253 e. The smallest absolute Gasteiger partial charge is 0.253 e. The third kappa shape index (κ3) is 3.60. The van der Waals surface area contributed by atoms with Crippen LogP contribution in [0.1, 0.15) is 28.8 Å². The quantitative estimate of drug-likeness (QED) is 0.863. The summed E-state index contributed by atoms with van der Waals surface area (Å²) in [6.45, 7) is 2.71. The molecule has 0 atom stereocenters. The second-order valence-corrected chi connectivity index (χ2v) is 6.65. The summed E-state index contributed by atoms with van der Waals surface area (Å²) in [5.41, 5.74) is 2.00. The maximum atomic E-state index is 12.8. The summed E-state index contributed by atoms with van der Waals surface area (Å²) in [5.74, 6) is 2.11. The number of pyridine rings is 1. The Morgan fingerprint density at radius 3 is 2.52 bits per heavy atom. The number of nitrogens with zero attached hydrogens (tertiary/aromatic N) is 2. The van der Waals surface area contributed by atoms with Gasteiger partial charge in [-0.15, -0.1) is 0 Å². The number of rotatable bonds is 3. The monoisotopic (exact) mass is 338 g/mol. The number of hydrogen-bond acceptors (Lipinski definition) is 4. The molecule has 1 saturated heterocycles. The van der Waals surface area contributed by atoms with Crippen molar-refractivity contribution in [1.29, 1.82) is 0 Å². The minimum Gasteiger partial charge on any atom is -0.486 e. The highest BCUT2D eigenvalue weighted by molar-refractivity contribution is 5.95. The number of fused-ring (bicyclic) bond motifs is 1. The second-order valence-electron chi connectivity index (χ2n) is 6.65. The molecule has 0 N–H and O–H groups in total. The average molecular weight is 338 g/mol. The van der Waals surface area contributed by atoms with Crippen LogP contribution in [0.15, 0.2) is 42.7 Å². The van der Waals surface area contributed by atoms with Gasteiger partial charge >= 0.3 is 0 Å². The van der Waals surface area contributed by atoms with E-state index in [2.05, 4.69) is 17.1 Å². The van der Waals surface area contributed by atoms with E-state index in [9.17, 15) is 4.79 Å². The van der Waals surface area contributed by atoms with Crippen molar-refractivity contribution >= 4 is 5.91 Å². The van der Waals surface area contributed by atoms with Crippen LogP contribution in [0.5, 0.6) is 11.5 Å². The van der Waals surface area contributed by atoms with Crippen LogP contribution < -0.4 is 9.47 Å². The van der Waals surface area contributed by atoms with E-state index in [1.54, 1.807) is 6.07 Å². The Bertz CT molecular complexity index is 740. The lowest BCUT2D eigenvalue weighted by atomic mass is 9.90. The molecule has 0 bridgehead atoms. The predicted molar refractivity (Wildman–Crippen MR) is 94.0 cm³/mol. The largest absolute Gasteiger partial charge is 0.486 e. The molecule has 2 aliphatic heterocycles. The Hall–Kier alpha value is -2.56. The molecule has 1 amide bonds. The number of carbonyl (C=O) groups excluding carboxylic acids is 1. The van der Waals surface area contributed by atoms with E-state index in [-0.39, 0.29) is 5.91 Å². The van der Waals surface area contributed by atoms with Crippen molar-refractivity contribution in [3.8, 4) is 11.5 Å². The summed E-state index contributed by atoms with van der Waals surface area (Å²) in [7, 11) is 0. The minimum atomic E-state index is 0.0827. The van der Waals surface area contributed by atoms with Crippen LogP contribution in [0, 0.1) is 5.92 Å². The lowest BCUT2D eigenvalue weighted by Crippen LogP contribution is -2.39. The Morgan fingerprint density at radius 1 is 1.04 bits per heavy atom. The average Bonchev–Trinajstić information content (AvgIpc) is 2.68. The van der Waals surface area contributed by atoms with Crippen LogP contribution in [-0.2, 0) is 6.42 Å². The molecular formula is C20H22N2O3. The first-order chi connectivity index (χ1) is 12.3. The van der Waals surface area contributed by atoms with Gasteiger partial charge in [-0.2, -0.15) is 0 Å². The first kappa shape index (κ1) is 15.9. The molecule has 5 nitrogen and oxygen atoms in total. The van der Waals surface area contributed by atoms with Gasteiger partial charge in [0.1, 0.15) is 13.2 Å².